The van der Waals surface area contributed by atoms with E-state index in [2.05, 4.69) is 15.9 Å². The van der Waals surface area contributed by atoms with Gasteiger partial charge in [0.15, 0.2) is 0 Å². The smallest absolute Gasteiger partial charge is 0.317 e. The van der Waals surface area contributed by atoms with E-state index in [0.29, 0.717) is 12.3 Å². The Morgan fingerprint density at radius 3 is 2.10 bits per heavy atom. The Morgan fingerprint density at radius 1 is 1.60 bits per heavy atom. The van der Waals surface area contributed by atoms with Gasteiger partial charge >= 0.3 is 5.97 Å². The molecule has 1 unspecified atom stereocenters. The summed E-state index contributed by atoms with van der Waals surface area (Å²) < 4.78 is 0. The van der Waals surface area contributed by atoms with E-state index in [1.807, 2.05) is 13.8 Å². The second-order valence-corrected chi connectivity index (χ2v) is 3.54. The maximum atomic E-state index is 10.2. The van der Waals surface area contributed by atoms with E-state index in [9.17, 15) is 4.79 Å². The summed E-state index contributed by atoms with van der Waals surface area (Å²) in [5.41, 5.74) is 0. The maximum absolute atomic E-state index is 10.2. The van der Waals surface area contributed by atoms with Crippen LogP contribution in [0, 0.1) is 5.92 Å². The van der Waals surface area contributed by atoms with E-state index in [1.165, 1.54) is 0 Å². The van der Waals surface area contributed by atoms with Crippen molar-refractivity contribution in [3.63, 3.8) is 0 Å². The molecule has 4 heteroatoms. The van der Waals surface area contributed by atoms with E-state index in [1.54, 1.807) is 0 Å². The number of rotatable bonds is 3. The SMILES string of the molecule is CC(C)CC(Br)C(=O)O.Cl. The van der Waals surface area contributed by atoms with E-state index >= 15 is 0 Å². The molecule has 0 aliphatic carbocycles. The van der Waals surface area contributed by atoms with Crippen molar-refractivity contribution in [3.8, 4) is 0 Å². The first kappa shape index (κ1) is 12.9. The number of hydrogen-bond acceptors (Lipinski definition) is 1. The third-order valence-electron chi connectivity index (χ3n) is 0.946. The predicted octanol–water partition coefficient (Wildman–Crippen LogP) is 2.30. The first-order chi connectivity index (χ1) is 4.04. The lowest BCUT2D eigenvalue weighted by atomic mass is 10.1. The zero-order valence-corrected chi connectivity index (χ0v) is 8.41. The molecule has 0 aromatic carbocycles. The average Bonchev–Trinajstić information content (AvgIpc) is 1.63. The average molecular weight is 232 g/mol. The van der Waals surface area contributed by atoms with Crippen molar-refractivity contribution in [1.29, 1.82) is 0 Å². The van der Waals surface area contributed by atoms with Crippen LogP contribution in [-0.4, -0.2) is 15.9 Å². The zero-order chi connectivity index (χ0) is 7.44. The monoisotopic (exact) mass is 230 g/mol. The van der Waals surface area contributed by atoms with E-state index < -0.39 is 5.97 Å². The van der Waals surface area contributed by atoms with Crippen LogP contribution in [-0.2, 0) is 4.79 Å². The first-order valence-corrected chi connectivity index (χ1v) is 3.82. The molecular formula is C6H12BrClO2. The van der Waals surface area contributed by atoms with Crippen molar-refractivity contribution in [2.45, 2.75) is 25.1 Å². The second-order valence-electron chi connectivity index (χ2n) is 2.44. The topological polar surface area (TPSA) is 37.3 Å². The number of alkyl halides is 1. The Morgan fingerprint density at radius 2 is 2.00 bits per heavy atom. The minimum absolute atomic E-state index is 0. The molecule has 1 atom stereocenters. The minimum Gasteiger partial charge on any atom is -0.480 e. The fourth-order valence-corrected chi connectivity index (χ4v) is 1.26. The largest absolute Gasteiger partial charge is 0.480 e. The van der Waals surface area contributed by atoms with Crippen molar-refractivity contribution >= 4 is 34.3 Å². The third-order valence-corrected chi connectivity index (χ3v) is 1.71. The summed E-state index contributed by atoms with van der Waals surface area (Å²) in [6, 6.07) is 0. The minimum atomic E-state index is -0.774. The van der Waals surface area contributed by atoms with Crippen LogP contribution in [0.2, 0.25) is 0 Å². The van der Waals surface area contributed by atoms with Crippen molar-refractivity contribution in [1.82, 2.24) is 0 Å². The van der Waals surface area contributed by atoms with Crippen molar-refractivity contribution in [3.05, 3.63) is 0 Å². The molecule has 10 heavy (non-hydrogen) atoms. The van der Waals surface area contributed by atoms with Gasteiger partial charge in [0, 0.05) is 0 Å². The van der Waals surface area contributed by atoms with Crippen LogP contribution in [0.1, 0.15) is 20.3 Å². The normalized spacial score (nSPS) is 12.4. The summed E-state index contributed by atoms with van der Waals surface area (Å²) >= 11 is 3.04. The van der Waals surface area contributed by atoms with Gasteiger partial charge in [-0.15, -0.1) is 12.4 Å². The second kappa shape index (κ2) is 5.98. The molecule has 0 fully saturated rings. The Hall–Kier alpha value is 0.240. The number of carboxylic acid groups (broad SMARTS) is 1. The van der Waals surface area contributed by atoms with Gasteiger partial charge < -0.3 is 5.11 Å². The lowest BCUT2D eigenvalue weighted by Gasteiger charge is -2.05. The number of carbonyl (C=O) groups is 1. The van der Waals surface area contributed by atoms with Crippen LogP contribution >= 0.6 is 28.3 Å². The molecule has 0 saturated carbocycles. The van der Waals surface area contributed by atoms with Crippen LogP contribution in [0.15, 0.2) is 0 Å². The van der Waals surface area contributed by atoms with Crippen LogP contribution in [0.25, 0.3) is 0 Å². The molecule has 2 nitrogen and oxygen atoms in total. The highest BCUT2D eigenvalue weighted by atomic mass is 79.9. The van der Waals surface area contributed by atoms with Gasteiger partial charge in [-0.1, -0.05) is 29.8 Å². The summed E-state index contributed by atoms with van der Waals surface area (Å²) in [4.78, 5) is 9.81. The summed E-state index contributed by atoms with van der Waals surface area (Å²) in [5.74, 6) is -0.339. The molecule has 0 heterocycles. The summed E-state index contributed by atoms with van der Waals surface area (Å²) in [6.45, 7) is 3.99. The highest BCUT2D eigenvalue weighted by Gasteiger charge is 2.13. The van der Waals surface area contributed by atoms with E-state index in [0.717, 1.165) is 0 Å². The molecule has 0 aromatic heterocycles. The Kier molecular flexibility index (Phi) is 7.70. The highest BCUT2D eigenvalue weighted by Crippen LogP contribution is 2.11. The lowest BCUT2D eigenvalue weighted by Crippen LogP contribution is -2.14. The Bertz CT molecular complexity index is 106. The van der Waals surface area contributed by atoms with Gasteiger partial charge in [0.2, 0.25) is 0 Å². The van der Waals surface area contributed by atoms with E-state index in [-0.39, 0.29) is 17.2 Å². The summed E-state index contributed by atoms with van der Waals surface area (Å²) in [6.07, 6.45) is 0.690. The molecular weight excluding hydrogens is 219 g/mol. The number of halogens is 2. The fourth-order valence-electron chi connectivity index (χ4n) is 0.515. The van der Waals surface area contributed by atoms with Crippen LogP contribution in [0.4, 0.5) is 0 Å². The summed E-state index contributed by atoms with van der Waals surface area (Å²) in [5, 5.41) is 8.38. The number of hydrogen-bond donors (Lipinski definition) is 1. The molecule has 0 saturated heterocycles. The number of carboxylic acids is 1. The van der Waals surface area contributed by atoms with Crippen molar-refractivity contribution in [2.24, 2.45) is 5.92 Å². The molecule has 1 N–H and O–H groups in total. The molecule has 0 aliphatic rings. The predicted molar refractivity (Wildman–Crippen MR) is 47.1 cm³/mol. The van der Waals surface area contributed by atoms with Gasteiger partial charge in [0.1, 0.15) is 4.83 Å². The highest BCUT2D eigenvalue weighted by molar-refractivity contribution is 9.10. The van der Waals surface area contributed by atoms with Crippen LogP contribution < -0.4 is 0 Å². The molecule has 62 valence electrons. The Labute approximate surface area is 75.5 Å². The Balaban J connectivity index is 0. The fraction of sp³-hybridized carbons (Fsp3) is 0.833. The lowest BCUT2D eigenvalue weighted by molar-refractivity contribution is -0.136. The van der Waals surface area contributed by atoms with Gasteiger partial charge in [-0.05, 0) is 12.3 Å². The zero-order valence-electron chi connectivity index (χ0n) is 6.00. The van der Waals surface area contributed by atoms with Gasteiger partial charge in [-0.3, -0.25) is 4.79 Å². The molecule has 0 aliphatic heterocycles. The number of aliphatic carboxylic acids is 1. The quantitative estimate of drug-likeness (QED) is 0.757. The van der Waals surface area contributed by atoms with Crippen molar-refractivity contribution < 1.29 is 9.90 Å². The van der Waals surface area contributed by atoms with Crippen LogP contribution in [0.5, 0.6) is 0 Å². The molecule has 0 rings (SSSR count). The first-order valence-electron chi connectivity index (χ1n) is 2.91. The molecule has 0 spiro atoms. The van der Waals surface area contributed by atoms with Crippen molar-refractivity contribution in [2.75, 3.05) is 0 Å². The molecule has 0 aromatic rings. The molecule has 0 bridgehead atoms. The summed E-state index contributed by atoms with van der Waals surface area (Å²) in [7, 11) is 0. The standard InChI is InChI=1S/C6H11BrO2.ClH/c1-4(2)3-5(7)6(8)9;/h4-5H,3H2,1-2H3,(H,8,9);1H. The van der Waals surface area contributed by atoms with Gasteiger partial charge in [-0.25, -0.2) is 0 Å². The van der Waals surface area contributed by atoms with Gasteiger partial charge in [0.05, 0.1) is 0 Å². The maximum Gasteiger partial charge on any atom is 0.317 e. The van der Waals surface area contributed by atoms with Crippen LogP contribution in [0.3, 0.4) is 0 Å². The van der Waals surface area contributed by atoms with E-state index in [4.69, 9.17) is 5.11 Å². The van der Waals surface area contributed by atoms with Gasteiger partial charge in [0.25, 0.3) is 0 Å². The molecule has 0 amide bonds. The molecule has 0 radical (unpaired) electrons. The van der Waals surface area contributed by atoms with Gasteiger partial charge in [-0.2, -0.15) is 0 Å². The third kappa shape index (κ3) is 6.36.